The zero-order valence-corrected chi connectivity index (χ0v) is 13.7. The number of carbonyl (C=O) groups excluding carboxylic acids is 1. The van der Waals surface area contributed by atoms with Gasteiger partial charge < -0.3 is 11.1 Å². The molecule has 0 saturated carbocycles. The number of amides is 1. The molecule has 116 valence electrons. The molecule has 2 unspecified atom stereocenters. The van der Waals surface area contributed by atoms with Crippen LogP contribution < -0.4 is 11.1 Å². The summed E-state index contributed by atoms with van der Waals surface area (Å²) in [5.41, 5.74) is 5.66. The second kappa shape index (κ2) is 11.8. The first-order valence-corrected chi connectivity index (χ1v) is 6.88. The summed E-state index contributed by atoms with van der Waals surface area (Å²) >= 11 is 0. The molecule has 1 fully saturated rings. The van der Waals surface area contributed by atoms with Crippen molar-refractivity contribution in [3.63, 3.8) is 0 Å². The molecule has 1 rings (SSSR count). The number of hydrogen-bond acceptors (Lipinski definition) is 3. The molecule has 0 bridgehead atoms. The van der Waals surface area contributed by atoms with Gasteiger partial charge in [-0.2, -0.15) is 0 Å². The molecule has 1 saturated heterocycles. The van der Waals surface area contributed by atoms with E-state index in [4.69, 9.17) is 5.73 Å². The van der Waals surface area contributed by atoms with E-state index in [0.29, 0.717) is 6.54 Å². The van der Waals surface area contributed by atoms with Crippen LogP contribution in [0.5, 0.6) is 0 Å². The predicted molar refractivity (Wildman–Crippen MR) is 85.3 cm³/mol. The Morgan fingerprint density at radius 3 is 2.16 bits per heavy atom. The van der Waals surface area contributed by atoms with Gasteiger partial charge in [0.05, 0.1) is 6.04 Å². The Hall–Kier alpha value is -0.0300. The molecule has 0 spiro atoms. The van der Waals surface area contributed by atoms with Gasteiger partial charge in [0.2, 0.25) is 5.91 Å². The highest BCUT2D eigenvalue weighted by Gasteiger charge is 2.21. The fourth-order valence-corrected chi connectivity index (χ4v) is 2.22. The molecular formula is C13H29Cl2N3O. The summed E-state index contributed by atoms with van der Waals surface area (Å²) in [6, 6.07) is 0.157. The molecule has 0 aromatic carbocycles. The monoisotopic (exact) mass is 313 g/mol. The summed E-state index contributed by atoms with van der Waals surface area (Å²) < 4.78 is 0. The number of nitrogens with one attached hydrogen (secondary N) is 1. The third-order valence-corrected chi connectivity index (χ3v) is 3.47. The van der Waals surface area contributed by atoms with Gasteiger partial charge in [0.25, 0.3) is 0 Å². The van der Waals surface area contributed by atoms with E-state index in [1.807, 2.05) is 13.8 Å². The standard InChI is InChI=1S/C13H27N3O.2ClH/c1-11(14)7-8-15-13(17)12(2)16-9-5-3-4-6-10-16;;/h11-12H,3-10,14H2,1-2H3,(H,15,17);2*1H. The Labute approximate surface area is 129 Å². The van der Waals surface area contributed by atoms with E-state index < -0.39 is 0 Å². The van der Waals surface area contributed by atoms with Crippen molar-refractivity contribution in [2.45, 2.75) is 58.0 Å². The first-order valence-electron chi connectivity index (χ1n) is 6.88. The summed E-state index contributed by atoms with van der Waals surface area (Å²) in [4.78, 5) is 14.2. The van der Waals surface area contributed by atoms with E-state index >= 15 is 0 Å². The molecule has 4 nitrogen and oxygen atoms in total. The molecule has 1 aliphatic rings. The van der Waals surface area contributed by atoms with Gasteiger partial charge in [-0.15, -0.1) is 24.8 Å². The van der Waals surface area contributed by atoms with Crippen LogP contribution in [0.2, 0.25) is 0 Å². The number of likely N-dealkylation sites (tertiary alicyclic amines) is 1. The van der Waals surface area contributed by atoms with Crippen molar-refractivity contribution >= 4 is 30.7 Å². The number of halogens is 2. The highest BCUT2D eigenvalue weighted by molar-refractivity contribution is 5.85. The van der Waals surface area contributed by atoms with E-state index in [9.17, 15) is 4.79 Å². The Kier molecular flexibility index (Phi) is 13.2. The van der Waals surface area contributed by atoms with E-state index in [2.05, 4.69) is 10.2 Å². The largest absolute Gasteiger partial charge is 0.355 e. The lowest BCUT2D eigenvalue weighted by Gasteiger charge is -2.26. The average Bonchev–Trinajstić information content (AvgIpc) is 2.55. The van der Waals surface area contributed by atoms with Crippen LogP contribution >= 0.6 is 24.8 Å². The number of carbonyl (C=O) groups is 1. The molecule has 1 aliphatic heterocycles. The third-order valence-electron chi connectivity index (χ3n) is 3.47. The number of hydrogen-bond donors (Lipinski definition) is 2. The van der Waals surface area contributed by atoms with Crippen molar-refractivity contribution in [3.8, 4) is 0 Å². The summed E-state index contributed by atoms with van der Waals surface area (Å²) in [5.74, 6) is 0.146. The van der Waals surface area contributed by atoms with Crippen LogP contribution in [0.3, 0.4) is 0 Å². The molecule has 0 aromatic heterocycles. The zero-order chi connectivity index (χ0) is 12.7. The number of nitrogens with zero attached hydrogens (tertiary/aromatic N) is 1. The summed E-state index contributed by atoms with van der Waals surface area (Å²) in [6.45, 7) is 6.77. The molecule has 2 atom stereocenters. The van der Waals surface area contributed by atoms with E-state index in [-0.39, 0.29) is 42.8 Å². The van der Waals surface area contributed by atoms with Gasteiger partial charge in [0.15, 0.2) is 0 Å². The highest BCUT2D eigenvalue weighted by Crippen LogP contribution is 2.12. The highest BCUT2D eigenvalue weighted by atomic mass is 35.5. The molecule has 3 N–H and O–H groups in total. The van der Waals surface area contributed by atoms with Crippen LogP contribution in [-0.2, 0) is 4.79 Å². The lowest BCUT2D eigenvalue weighted by molar-refractivity contribution is -0.125. The van der Waals surface area contributed by atoms with Crippen LogP contribution in [0.4, 0.5) is 0 Å². The molecule has 0 radical (unpaired) electrons. The Morgan fingerprint density at radius 2 is 1.68 bits per heavy atom. The SMILES string of the molecule is CC(N)CCNC(=O)C(C)N1CCCCCC1.Cl.Cl. The zero-order valence-electron chi connectivity index (χ0n) is 12.1. The molecule has 19 heavy (non-hydrogen) atoms. The molecule has 0 aromatic rings. The maximum atomic E-state index is 11.9. The molecule has 6 heteroatoms. The van der Waals surface area contributed by atoms with Gasteiger partial charge in [-0.1, -0.05) is 12.8 Å². The van der Waals surface area contributed by atoms with Crippen LogP contribution in [-0.4, -0.2) is 42.5 Å². The van der Waals surface area contributed by atoms with Crippen molar-refractivity contribution in [3.05, 3.63) is 0 Å². The first kappa shape index (κ1) is 21.3. The minimum absolute atomic E-state index is 0. The van der Waals surface area contributed by atoms with Gasteiger partial charge in [-0.25, -0.2) is 0 Å². The second-order valence-corrected chi connectivity index (χ2v) is 5.18. The summed E-state index contributed by atoms with van der Waals surface area (Å²) in [7, 11) is 0. The van der Waals surface area contributed by atoms with E-state index in [1.165, 1.54) is 25.7 Å². The lowest BCUT2D eigenvalue weighted by Crippen LogP contribution is -2.46. The Morgan fingerprint density at radius 1 is 1.16 bits per heavy atom. The van der Waals surface area contributed by atoms with Crippen molar-refractivity contribution in [1.29, 1.82) is 0 Å². The van der Waals surface area contributed by atoms with Gasteiger partial charge in [0, 0.05) is 12.6 Å². The van der Waals surface area contributed by atoms with Crippen LogP contribution in [0, 0.1) is 0 Å². The number of nitrogens with two attached hydrogens (primary N) is 1. The Bertz CT molecular complexity index is 232. The van der Waals surface area contributed by atoms with E-state index in [1.54, 1.807) is 0 Å². The average molecular weight is 314 g/mol. The first-order chi connectivity index (χ1) is 8.11. The fourth-order valence-electron chi connectivity index (χ4n) is 2.22. The maximum Gasteiger partial charge on any atom is 0.237 e. The van der Waals surface area contributed by atoms with Crippen LogP contribution in [0.25, 0.3) is 0 Å². The fraction of sp³-hybridized carbons (Fsp3) is 0.923. The Balaban J connectivity index is 0. The van der Waals surface area contributed by atoms with Crippen molar-refractivity contribution in [2.24, 2.45) is 5.73 Å². The molecular weight excluding hydrogens is 285 g/mol. The van der Waals surface area contributed by atoms with Gasteiger partial charge >= 0.3 is 0 Å². The predicted octanol–water partition coefficient (Wildman–Crippen LogP) is 1.95. The molecule has 1 heterocycles. The number of rotatable bonds is 5. The van der Waals surface area contributed by atoms with Gasteiger partial charge in [-0.3, -0.25) is 9.69 Å². The smallest absolute Gasteiger partial charge is 0.237 e. The van der Waals surface area contributed by atoms with Crippen molar-refractivity contribution in [2.75, 3.05) is 19.6 Å². The maximum absolute atomic E-state index is 11.9. The van der Waals surface area contributed by atoms with Crippen molar-refractivity contribution in [1.82, 2.24) is 10.2 Å². The third kappa shape index (κ3) is 8.69. The minimum Gasteiger partial charge on any atom is -0.355 e. The van der Waals surface area contributed by atoms with E-state index in [0.717, 1.165) is 19.5 Å². The summed E-state index contributed by atoms with van der Waals surface area (Å²) in [6.07, 6.45) is 5.89. The molecule has 1 amide bonds. The van der Waals surface area contributed by atoms with Crippen LogP contribution in [0.15, 0.2) is 0 Å². The van der Waals surface area contributed by atoms with Gasteiger partial charge in [0.1, 0.15) is 0 Å². The lowest BCUT2D eigenvalue weighted by atomic mass is 10.2. The molecule has 0 aliphatic carbocycles. The quantitative estimate of drug-likeness (QED) is 0.815. The van der Waals surface area contributed by atoms with Crippen LogP contribution in [0.1, 0.15) is 46.0 Å². The topological polar surface area (TPSA) is 58.4 Å². The summed E-state index contributed by atoms with van der Waals surface area (Å²) in [5, 5.41) is 2.97. The van der Waals surface area contributed by atoms with Gasteiger partial charge in [-0.05, 0) is 46.2 Å². The van der Waals surface area contributed by atoms with Crippen molar-refractivity contribution < 1.29 is 4.79 Å². The minimum atomic E-state index is 0. The normalized spacial score (nSPS) is 19.3. The second-order valence-electron chi connectivity index (χ2n) is 5.18.